The predicted octanol–water partition coefficient (Wildman–Crippen LogP) is 2.39. The number of aromatic nitrogens is 1. The van der Waals surface area contributed by atoms with E-state index in [4.69, 9.17) is 9.47 Å². The zero-order valence-electron chi connectivity index (χ0n) is 19.0. The van der Waals surface area contributed by atoms with Crippen LogP contribution in [0, 0.1) is 11.8 Å². The van der Waals surface area contributed by atoms with Crippen LogP contribution in [0.5, 0.6) is 0 Å². The molecule has 3 aliphatic heterocycles. The lowest BCUT2D eigenvalue weighted by Gasteiger charge is -2.58. The summed E-state index contributed by atoms with van der Waals surface area (Å²) in [4.78, 5) is 31.4. The second-order valence-corrected chi connectivity index (χ2v) is 9.65. The number of nitrogens with one attached hydrogen (secondary N) is 2. The van der Waals surface area contributed by atoms with Crippen LogP contribution < -0.4 is 5.32 Å². The van der Waals surface area contributed by atoms with E-state index in [1.807, 2.05) is 6.07 Å². The Labute approximate surface area is 188 Å². The number of carbonyl (C=O) groups is 2. The third kappa shape index (κ3) is 3.42. The van der Waals surface area contributed by atoms with Crippen molar-refractivity contribution in [2.45, 2.75) is 44.1 Å². The number of fused-ring (bicyclic) bond motifs is 4. The molecule has 0 spiro atoms. The minimum atomic E-state index is -0.708. The standard InChI is InChI=1S/C25H33N3O4/c1-16(29)26-9-12-32-24(30)25-14-17-13-18(8-11-31-2)23(25)28(15-17)10-7-20-19-5-3-4-6-21(19)27-22(20)25/h3-6,17-18,23,27H,7-15H2,1-2H3,(H,26,29). The number of ether oxygens (including phenoxy) is 2. The first-order chi connectivity index (χ1) is 15.5. The molecular weight excluding hydrogens is 406 g/mol. The topological polar surface area (TPSA) is 83.7 Å². The minimum absolute atomic E-state index is 0.102. The van der Waals surface area contributed by atoms with Crippen molar-refractivity contribution in [2.24, 2.45) is 11.8 Å². The number of nitrogens with zero attached hydrogens (tertiary/aromatic N) is 1. The Morgan fingerprint density at radius 3 is 2.94 bits per heavy atom. The maximum absolute atomic E-state index is 14.0. The number of esters is 1. The number of rotatable bonds is 7. The van der Waals surface area contributed by atoms with Gasteiger partial charge in [-0.2, -0.15) is 0 Å². The Hall–Kier alpha value is -2.38. The maximum atomic E-state index is 14.0. The number of piperidine rings is 2. The highest BCUT2D eigenvalue weighted by Gasteiger charge is 2.63. The average molecular weight is 440 g/mol. The zero-order valence-corrected chi connectivity index (χ0v) is 19.0. The Bertz CT molecular complexity index is 1020. The molecule has 7 nitrogen and oxygen atoms in total. The molecule has 1 aromatic carbocycles. The van der Waals surface area contributed by atoms with Crippen LogP contribution in [0.25, 0.3) is 10.9 Å². The number of benzene rings is 1. The molecule has 2 aromatic rings. The Kier molecular flexibility index (Phi) is 5.72. The van der Waals surface area contributed by atoms with Crippen LogP contribution >= 0.6 is 0 Å². The highest BCUT2D eigenvalue weighted by atomic mass is 16.5. The number of methoxy groups -OCH3 is 1. The minimum Gasteiger partial charge on any atom is -0.463 e. The van der Waals surface area contributed by atoms with Gasteiger partial charge in [-0.1, -0.05) is 18.2 Å². The number of hydrogen-bond acceptors (Lipinski definition) is 5. The second-order valence-electron chi connectivity index (χ2n) is 9.65. The number of carbonyl (C=O) groups excluding carboxylic acids is 2. The Balaban J connectivity index is 1.58. The van der Waals surface area contributed by atoms with Gasteiger partial charge < -0.3 is 19.8 Å². The molecule has 3 fully saturated rings. The van der Waals surface area contributed by atoms with E-state index in [1.165, 1.54) is 17.9 Å². The molecular formula is C25H33N3O4. The van der Waals surface area contributed by atoms with Crippen LogP contribution in [0.1, 0.15) is 37.4 Å². The SMILES string of the molecule is COCCC1CC2CN3CCc4c([nH]c5ccccc45)C(C(=O)OCCNC(C)=O)(C2)C13. The van der Waals surface area contributed by atoms with Crippen molar-refractivity contribution in [1.82, 2.24) is 15.2 Å². The van der Waals surface area contributed by atoms with Crippen LogP contribution in [0.15, 0.2) is 24.3 Å². The van der Waals surface area contributed by atoms with Gasteiger partial charge in [-0.25, -0.2) is 0 Å². The lowest BCUT2D eigenvalue weighted by atomic mass is 9.56. The quantitative estimate of drug-likeness (QED) is 0.511. The van der Waals surface area contributed by atoms with Crippen LogP contribution in [0.4, 0.5) is 0 Å². The van der Waals surface area contributed by atoms with Gasteiger partial charge in [0.2, 0.25) is 5.91 Å². The molecule has 1 aromatic heterocycles. The molecule has 5 unspecified atom stereocenters. The third-order valence-electron chi connectivity index (χ3n) is 7.76. The van der Waals surface area contributed by atoms with Gasteiger partial charge in [0, 0.05) is 56.4 Å². The van der Waals surface area contributed by atoms with Crippen molar-refractivity contribution >= 4 is 22.8 Å². The van der Waals surface area contributed by atoms with E-state index < -0.39 is 5.41 Å². The fourth-order valence-electron chi connectivity index (χ4n) is 6.74. The van der Waals surface area contributed by atoms with Crippen LogP contribution in [-0.2, 0) is 30.9 Å². The first-order valence-electron chi connectivity index (χ1n) is 11.8. The van der Waals surface area contributed by atoms with Crippen LogP contribution in [-0.4, -0.2) is 67.8 Å². The Morgan fingerprint density at radius 2 is 2.12 bits per heavy atom. The summed E-state index contributed by atoms with van der Waals surface area (Å²) in [7, 11) is 1.75. The molecule has 6 rings (SSSR count). The molecule has 4 bridgehead atoms. The van der Waals surface area contributed by atoms with Gasteiger partial charge in [0.05, 0.1) is 6.54 Å². The van der Waals surface area contributed by atoms with E-state index in [9.17, 15) is 9.59 Å². The van der Waals surface area contributed by atoms with Crippen molar-refractivity contribution in [2.75, 3.05) is 40.0 Å². The largest absolute Gasteiger partial charge is 0.463 e. The number of aromatic amines is 1. The van der Waals surface area contributed by atoms with Crippen molar-refractivity contribution in [3.63, 3.8) is 0 Å². The van der Waals surface area contributed by atoms with Crippen molar-refractivity contribution < 1.29 is 19.1 Å². The zero-order chi connectivity index (χ0) is 22.3. The smallest absolute Gasteiger partial charge is 0.319 e. The van der Waals surface area contributed by atoms with Crippen LogP contribution in [0.2, 0.25) is 0 Å². The lowest BCUT2D eigenvalue weighted by Crippen LogP contribution is -2.67. The summed E-state index contributed by atoms with van der Waals surface area (Å²) in [6, 6.07) is 8.47. The van der Waals surface area contributed by atoms with Gasteiger partial charge in [-0.3, -0.25) is 14.5 Å². The number of para-hydroxylation sites is 1. The van der Waals surface area contributed by atoms with E-state index in [1.54, 1.807) is 7.11 Å². The average Bonchev–Trinajstić information content (AvgIpc) is 3.13. The van der Waals surface area contributed by atoms with Gasteiger partial charge in [0.1, 0.15) is 12.0 Å². The molecule has 1 saturated carbocycles. The second kappa shape index (κ2) is 8.52. The van der Waals surface area contributed by atoms with Gasteiger partial charge in [-0.05, 0) is 49.1 Å². The first-order valence-corrected chi connectivity index (χ1v) is 11.8. The third-order valence-corrected chi connectivity index (χ3v) is 7.76. The molecule has 4 aliphatic rings. The molecule has 2 N–H and O–H groups in total. The van der Waals surface area contributed by atoms with Gasteiger partial charge in [0.15, 0.2) is 0 Å². The van der Waals surface area contributed by atoms with Gasteiger partial charge in [0.25, 0.3) is 0 Å². The summed E-state index contributed by atoms with van der Waals surface area (Å²) in [6.45, 7) is 4.71. The fourth-order valence-corrected chi connectivity index (χ4v) is 6.74. The summed E-state index contributed by atoms with van der Waals surface area (Å²) in [5.74, 6) is 0.582. The van der Waals surface area contributed by atoms with Crippen molar-refractivity contribution in [3.05, 3.63) is 35.5 Å². The summed E-state index contributed by atoms with van der Waals surface area (Å²) < 4.78 is 11.3. The lowest BCUT2D eigenvalue weighted by molar-refractivity contribution is -0.166. The molecule has 7 heteroatoms. The number of amides is 1. The van der Waals surface area contributed by atoms with E-state index >= 15 is 0 Å². The number of H-pyrrole nitrogens is 1. The summed E-state index contributed by atoms with van der Waals surface area (Å²) >= 11 is 0. The first kappa shape index (κ1) is 21.5. The molecule has 0 radical (unpaired) electrons. The predicted molar refractivity (Wildman–Crippen MR) is 121 cm³/mol. The monoisotopic (exact) mass is 439 g/mol. The molecule has 172 valence electrons. The molecule has 1 amide bonds. The molecule has 4 heterocycles. The molecule has 1 aliphatic carbocycles. The maximum Gasteiger partial charge on any atom is 0.319 e. The van der Waals surface area contributed by atoms with E-state index in [-0.39, 0.29) is 24.5 Å². The van der Waals surface area contributed by atoms with Crippen LogP contribution in [0.3, 0.4) is 0 Å². The summed E-state index contributed by atoms with van der Waals surface area (Å²) in [5.41, 5.74) is 2.70. The van der Waals surface area contributed by atoms with Crippen molar-refractivity contribution in [1.29, 1.82) is 0 Å². The van der Waals surface area contributed by atoms with Crippen molar-refractivity contribution in [3.8, 4) is 0 Å². The Morgan fingerprint density at radius 1 is 1.28 bits per heavy atom. The molecule has 5 atom stereocenters. The molecule has 32 heavy (non-hydrogen) atoms. The van der Waals surface area contributed by atoms with E-state index in [0.717, 1.165) is 50.0 Å². The number of hydrogen-bond donors (Lipinski definition) is 2. The van der Waals surface area contributed by atoms with E-state index in [0.29, 0.717) is 25.0 Å². The summed E-state index contributed by atoms with van der Waals surface area (Å²) in [6.07, 6.45) is 3.84. The normalized spacial score (nSPS) is 30.6. The highest BCUT2D eigenvalue weighted by Crippen LogP contribution is 2.55. The van der Waals surface area contributed by atoms with E-state index in [2.05, 4.69) is 33.4 Å². The van der Waals surface area contributed by atoms with Gasteiger partial charge >= 0.3 is 5.97 Å². The highest BCUT2D eigenvalue weighted by molar-refractivity contribution is 5.91. The fraction of sp³-hybridized carbons (Fsp3) is 0.600. The van der Waals surface area contributed by atoms with Gasteiger partial charge in [-0.15, -0.1) is 0 Å². The summed E-state index contributed by atoms with van der Waals surface area (Å²) in [5, 5.41) is 3.94. The molecule has 2 saturated heterocycles.